The summed E-state index contributed by atoms with van der Waals surface area (Å²) in [5, 5.41) is 23.2. The fourth-order valence-corrected chi connectivity index (χ4v) is 6.69. The first kappa shape index (κ1) is 42.5. The van der Waals surface area contributed by atoms with E-state index in [0.29, 0.717) is 85.5 Å². The largest absolute Gasteiger partial charge is 0.489 e. The van der Waals surface area contributed by atoms with E-state index in [-0.39, 0.29) is 18.5 Å². The predicted molar refractivity (Wildman–Crippen MR) is 200 cm³/mol. The Morgan fingerprint density at radius 2 is 1.75 bits per heavy atom. The number of nitrogens with zero attached hydrogens (tertiary/aromatic N) is 4. The molecule has 1 fully saturated rings. The predicted octanol–water partition coefficient (Wildman–Crippen LogP) is 5.84. The monoisotopic (exact) mass is 780 g/mol. The van der Waals surface area contributed by atoms with Crippen LogP contribution in [0, 0.1) is 0 Å². The molecule has 0 unspecified atom stereocenters. The van der Waals surface area contributed by atoms with Crippen LogP contribution in [-0.2, 0) is 20.8 Å². The molecule has 16 heteroatoms. The number of carboxylic acid groups (broad SMARTS) is 2. The van der Waals surface area contributed by atoms with Gasteiger partial charge < -0.3 is 30.5 Å². The zero-order valence-electron chi connectivity index (χ0n) is 29.1. The summed E-state index contributed by atoms with van der Waals surface area (Å²) in [6.45, 7) is 4.15. The molecule has 0 radical (unpaired) electrons. The Bertz CT molecular complexity index is 1560. The standard InChI is InChI=1S/C21H31N3O5.C15H16Cl3N3O2/c22-13-5-4-9-16(19(25)24-14-6-10-18(24)21(28)29)23-17(20(26)27)12-11-15-7-2-1-3-8-15;1-2-4-20(15(22)21-5-3-19-10-21)6-7-23-14-12(17)8-11(16)9-13(14)18/h1-3,7-8,16-18,23H,4-6,9-14,22H2,(H,26,27)(H,28,29);3,5,8-10H,2,4,6-7H2,1H3/t16-,17-,18-;/m0./s1. The zero-order valence-corrected chi connectivity index (χ0v) is 31.4. The third kappa shape index (κ3) is 13.3. The van der Waals surface area contributed by atoms with E-state index in [2.05, 4.69) is 10.3 Å². The highest BCUT2D eigenvalue weighted by Crippen LogP contribution is 2.35. The van der Waals surface area contributed by atoms with Crippen LogP contribution in [0.3, 0.4) is 0 Å². The molecule has 13 nitrogen and oxygen atoms in total. The van der Waals surface area contributed by atoms with Gasteiger partial charge in [-0.05, 0) is 69.2 Å². The number of hydrogen-bond donors (Lipinski definition) is 4. The SMILES string of the molecule is CCCN(CCOc1c(Cl)cc(Cl)cc1Cl)C(=O)n1ccnc1.NCCCC[C@H](N[C@@H](CCc1ccccc1)C(=O)O)C(=O)N1CCC[C@H]1C(=O)O. The van der Waals surface area contributed by atoms with Crippen molar-refractivity contribution >= 4 is 58.7 Å². The maximum Gasteiger partial charge on any atom is 0.329 e. The van der Waals surface area contributed by atoms with Crippen molar-refractivity contribution in [3.05, 3.63) is 81.8 Å². The number of benzene rings is 2. The molecule has 0 saturated carbocycles. The van der Waals surface area contributed by atoms with Crippen LogP contribution < -0.4 is 15.8 Å². The number of amides is 2. The van der Waals surface area contributed by atoms with Gasteiger partial charge in [0, 0.05) is 30.5 Å². The molecule has 284 valence electrons. The molecular formula is C36H47Cl3N6O7. The van der Waals surface area contributed by atoms with Crippen molar-refractivity contribution in [2.75, 3.05) is 32.8 Å². The van der Waals surface area contributed by atoms with E-state index in [0.717, 1.165) is 18.4 Å². The lowest BCUT2D eigenvalue weighted by atomic mass is 10.0. The van der Waals surface area contributed by atoms with Gasteiger partial charge in [0.1, 0.15) is 25.0 Å². The number of carbonyl (C=O) groups excluding carboxylic acids is 2. The van der Waals surface area contributed by atoms with Gasteiger partial charge >= 0.3 is 18.0 Å². The van der Waals surface area contributed by atoms with E-state index in [1.807, 2.05) is 37.3 Å². The number of likely N-dealkylation sites (tertiary alicyclic amines) is 1. The van der Waals surface area contributed by atoms with Crippen molar-refractivity contribution in [2.24, 2.45) is 5.73 Å². The number of rotatable bonds is 18. The molecule has 0 bridgehead atoms. The molecule has 1 aliphatic rings. The maximum absolute atomic E-state index is 13.1. The molecule has 5 N–H and O–H groups in total. The number of hydrogen-bond acceptors (Lipinski definition) is 8. The second-order valence-corrected chi connectivity index (χ2v) is 13.5. The summed E-state index contributed by atoms with van der Waals surface area (Å²) in [7, 11) is 0. The first-order valence-electron chi connectivity index (χ1n) is 17.3. The number of aliphatic carboxylic acids is 2. The number of aryl methyl sites for hydroxylation is 1. The van der Waals surface area contributed by atoms with Gasteiger partial charge in [-0.1, -0.05) is 78.5 Å². The molecule has 1 aromatic heterocycles. The Morgan fingerprint density at radius 1 is 1.04 bits per heavy atom. The fraction of sp³-hybridized carbons (Fsp3) is 0.472. The van der Waals surface area contributed by atoms with E-state index in [1.165, 1.54) is 15.8 Å². The minimum Gasteiger partial charge on any atom is -0.489 e. The summed E-state index contributed by atoms with van der Waals surface area (Å²) in [6.07, 6.45) is 9.24. The van der Waals surface area contributed by atoms with E-state index >= 15 is 0 Å². The van der Waals surface area contributed by atoms with E-state index in [1.54, 1.807) is 29.4 Å². The summed E-state index contributed by atoms with van der Waals surface area (Å²) < 4.78 is 7.05. The molecule has 1 aliphatic heterocycles. The number of imidazole rings is 1. The van der Waals surface area contributed by atoms with Crippen LogP contribution in [-0.4, -0.2) is 104 Å². The lowest BCUT2D eigenvalue weighted by molar-refractivity contribution is -0.149. The van der Waals surface area contributed by atoms with Crippen LogP contribution in [0.1, 0.15) is 57.4 Å². The number of unbranched alkanes of at least 4 members (excludes halogenated alkanes) is 1. The molecule has 3 atom stereocenters. The van der Waals surface area contributed by atoms with Crippen LogP contribution in [0.2, 0.25) is 15.1 Å². The second kappa shape index (κ2) is 22.2. The molecular weight excluding hydrogens is 735 g/mol. The molecule has 0 aliphatic carbocycles. The number of nitrogens with one attached hydrogen (secondary N) is 1. The first-order chi connectivity index (χ1) is 25.0. The average Bonchev–Trinajstić information content (AvgIpc) is 3.84. The normalized spacial score (nSPS) is 14.9. The Kier molecular flexibility index (Phi) is 18.2. The Hall–Kier alpha value is -3.88. The van der Waals surface area contributed by atoms with Crippen molar-refractivity contribution in [3.8, 4) is 5.75 Å². The molecule has 2 amide bonds. The number of nitrogens with two attached hydrogens (primary N) is 1. The van der Waals surface area contributed by atoms with Crippen LogP contribution in [0.25, 0.3) is 0 Å². The van der Waals surface area contributed by atoms with Gasteiger partial charge in [-0.2, -0.15) is 0 Å². The van der Waals surface area contributed by atoms with E-state index < -0.39 is 30.1 Å². The fourth-order valence-electron chi connectivity index (χ4n) is 5.77. The van der Waals surface area contributed by atoms with Crippen LogP contribution in [0.5, 0.6) is 5.75 Å². The summed E-state index contributed by atoms with van der Waals surface area (Å²) in [5.41, 5.74) is 6.57. The van der Waals surface area contributed by atoms with Gasteiger partial charge in [-0.15, -0.1) is 0 Å². The number of ether oxygens (including phenoxy) is 1. The lowest BCUT2D eigenvalue weighted by Crippen LogP contribution is -2.54. The molecule has 2 heterocycles. The van der Waals surface area contributed by atoms with Gasteiger partial charge in [-0.3, -0.25) is 19.5 Å². The van der Waals surface area contributed by atoms with Crippen molar-refractivity contribution in [1.82, 2.24) is 24.7 Å². The van der Waals surface area contributed by atoms with E-state index in [9.17, 15) is 29.4 Å². The van der Waals surface area contributed by atoms with Gasteiger partial charge in [0.2, 0.25) is 5.91 Å². The molecule has 0 spiro atoms. The summed E-state index contributed by atoms with van der Waals surface area (Å²) >= 11 is 18.0. The molecule has 52 heavy (non-hydrogen) atoms. The smallest absolute Gasteiger partial charge is 0.329 e. The van der Waals surface area contributed by atoms with Gasteiger partial charge in [0.05, 0.1) is 22.6 Å². The van der Waals surface area contributed by atoms with Crippen molar-refractivity contribution in [1.29, 1.82) is 0 Å². The number of halogens is 3. The zero-order chi connectivity index (χ0) is 38.0. The highest BCUT2D eigenvalue weighted by molar-refractivity contribution is 6.40. The van der Waals surface area contributed by atoms with Crippen molar-refractivity contribution in [3.63, 3.8) is 0 Å². The van der Waals surface area contributed by atoms with Crippen LogP contribution in [0.4, 0.5) is 4.79 Å². The Morgan fingerprint density at radius 3 is 2.35 bits per heavy atom. The minimum atomic E-state index is -1.02. The van der Waals surface area contributed by atoms with E-state index in [4.69, 9.17) is 45.3 Å². The van der Waals surface area contributed by atoms with Crippen LogP contribution >= 0.6 is 34.8 Å². The van der Waals surface area contributed by atoms with Gasteiger partial charge in [0.25, 0.3) is 0 Å². The maximum atomic E-state index is 13.1. The molecule has 4 rings (SSSR count). The average molecular weight is 782 g/mol. The Labute approximate surface area is 319 Å². The van der Waals surface area contributed by atoms with Crippen molar-refractivity contribution < 1.29 is 34.1 Å². The van der Waals surface area contributed by atoms with Crippen LogP contribution in [0.15, 0.2) is 61.2 Å². The van der Waals surface area contributed by atoms with Gasteiger partial charge in [0.15, 0.2) is 5.75 Å². The highest BCUT2D eigenvalue weighted by Gasteiger charge is 2.38. The number of carbonyl (C=O) groups is 4. The molecule has 2 aromatic carbocycles. The summed E-state index contributed by atoms with van der Waals surface area (Å²) in [5.74, 6) is -2.01. The second-order valence-electron chi connectivity index (χ2n) is 12.2. The summed E-state index contributed by atoms with van der Waals surface area (Å²) in [4.78, 5) is 55.6. The third-order valence-corrected chi connectivity index (χ3v) is 9.17. The molecule has 1 saturated heterocycles. The minimum absolute atomic E-state index is 0.152. The molecule has 3 aromatic rings. The number of carboxylic acids is 2. The van der Waals surface area contributed by atoms with Gasteiger partial charge in [-0.25, -0.2) is 14.6 Å². The Balaban J connectivity index is 0.000000288. The third-order valence-electron chi connectivity index (χ3n) is 8.39. The highest BCUT2D eigenvalue weighted by atomic mass is 35.5. The lowest BCUT2D eigenvalue weighted by Gasteiger charge is -2.29. The topological polar surface area (TPSA) is 180 Å². The number of aromatic nitrogens is 2. The summed E-state index contributed by atoms with van der Waals surface area (Å²) in [6, 6.07) is 10.1. The first-order valence-corrected chi connectivity index (χ1v) is 18.4. The quantitative estimate of drug-likeness (QED) is 0.115. The van der Waals surface area contributed by atoms with Crippen molar-refractivity contribution in [2.45, 2.75) is 76.4 Å².